The van der Waals surface area contributed by atoms with E-state index in [1.807, 2.05) is 0 Å². The van der Waals surface area contributed by atoms with E-state index in [-0.39, 0.29) is 21.2 Å². The van der Waals surface area contributed by atoms with Crippen LogP contribution in [0, 0.1) is 0 Å². The minimum atomic E-state index is -0.317. The van der Waals surface area contributed by atoms with E-state index >= 15 is 0 Å². The van der Waals surface area contributed by atoms with Crippen molar-refractivity contribution in [1.29, 1.82) is 0 Å². The van der Waals surface area contributed by atoms with Gasteiger partial charge in [-0.25, -0.2) is 0 Å². The summed E-state index contributed by atoms with van der Waals surface area (Å²) in [6.45, 7) is 7.25. The molecule has 1 atom stereocenters. The molecule has 0 bridgehead atoms. The summed E-state index contributed by atoms with van der Waals surface area (Å²) in [5.74, 6) is 0. The minimum Gasteiger partial charge on any atom is -1.00 e. The Morgan fingerprint density at radius 2 is 1.50 bits per heavy atom. The molecule has 0 radical (unpaired) electrons. The Morgan fingerprint density at radius 3 is 2.00 bits per heavy atom. The predicted octanol–water partition coefficient (Wildman–Crippen LogP) is 0.724. The van der Waals surface area contributed by atoms with E-state index in [1.54, 1.807) is 0 Å². The van der Waals surface area contributed by atoms with Crippen LogP contribution in [0.3, 0.4) is 0 Å². The maximum absolute atomic E-state index is 2.48. The quantitative estimate of drug-likeness (QED) is 0.437. The van der Waals surface area contributed by atoms with Gasteiger partial charge in [0.05, 0.1) is 0 Å². The normalized spacial score (nSPS) is 12.7. The van der Waals surface area contributed by atoms with Gasteiger partial charge in [-0.3, -0.25) is 0 Å². The van der Waals surface area contributed by atoms with Crippen LogP contribution in [0.1, 0.15) is 51.9 Å². The van der Waals surface area contributed by atoms with Gasteiger partial charge < -0.3 is 12.4 Å². The van der Waals surface area contributed by atoms with Crippen LogP contribution < -0.4 is 12.4 Å². The van der Waals surface area contributed by atoms with E-state index < -0.39 is 0 Å². The molecule has 0 nitrogen and oxygen atoms in total. The monoisotopic (exact) mass is 244 g/mol. The number of hydrogen-bond donors (Lipinski definition) is 0. The van der Waals surface area contributed by atoms with E-state index in [4.69, 9.17) is 0 Å². The Balaban J connectivity index is 0. The van der Waals surface area contributed by atoms with Gasteiger partial charge in [-0.1, -0.05) is 0 Å². The predicted molar refractivity (Wildman–Crippen MR) is 66.4 cm³/mol. The van der Waals surface area contributed by atoms with Crippen molar-refractivity contribution in [1.82, 2.24) is 0 Å². The molecule has 0 aliphatic rings. The third-order valence-electron chi connectivity index (χ3n) is 2.87. The maximum Gasteiger partial charge on any atom is -1.00 e. The van der Waals surface area contributed by atoms with Gasteiger partial charge >= 0.3 is 99.1 Å². The second kappa shape index (κ2) is 12.3. The first kappa shape index (κ1) is 17.7. The average molecular weight is 245 g/mol. The Morgan fingerprint density at radius 1 is 1.00 bits per heavy atom. The number of hydrogen-bond acceptors (Lipinski definition) is 0. The van der Waals surface area contributed by atoms with Gasteiger partial charge in [-0.2, -0.15) is 0 Å². The molecule has 0 saturated heterocycles. The van der Waals surface area contributed by atoms with Crippen LogP contribution in [0.2, 0.25) is 16.8 Å². The van der Waals surface area contributed by atoms with Gasteiger partial charge in [-0.15, -0.1) is 0 Å². The van der Waals surface area contributed by atoms with E-state index in [9.17, 15) is 0 Å². The molecule has 0 spiro atoms. The molecule has 3 heteroatoms. The van der Waals surface area contributed by atoms with Crippen molar-refractivity contribution in [3.05, 3.63) is 0 Å². The van der Waals surface area contributed by atoms with Crippen LogP contribution in [0.4, 0.5) is 0 Å². The SMILES string of the molecule is CCCCCCCC[CH]([Mg+])[SiH](C)C.[Cl-]. The van der Waals surface area contributed by atoms with Crippen molar-refractivity contribution >= 4 is 30.5 Å². The topological polar surface area (TPSA) is 0 Å². The molecular weight excluding hydrogens is 220 g/mol. The van der Waals surface area contributed by atoms with Crippen molar-refractivity contribution in [2.45, 2.75) is 68.6 Å². The number of unbranched alkanes of at least 4 members (excludes halogenated alkanes) is 5. The Labute approximate surface area is 111 Å². The van der Waals surface area contributed by atoms with Gasteiger partial charge in [0.15, 0.2) is 0 Å². The zero-order valence-electron chi connectivity index (χ0n) is 10.2. The smallest absolute Gasteiger partial charge is 1.00 e. The molecule has 0 N–H and O–H groups in total. The van der Waals surface area contributed by atoms with E-state index in [0.717, 1.165) is 3.67 Å². The zero-order chi connectivity index (χ0) is 10.1. The van der Waals surface area contributed by atoms with Crippen LogP contribution in [0.15, 0.2) is 0 Å². The van der Waals surface area contributed by atoms with Crippen LogP contribution in [-0.4, -0.2) is 30.5 Å². The van der Waals surface area contributed by atoms with Gasteiger partial charge in [0.1, 0.15) is 0 Å². The van der Waals surface area contributed by atoms with Gasteiger partial charge in [0.2, 0.25) is 0 Å². The standard InChI is InChI=1S/C11H25Si.ClH.Mg/c1-4-5-6-7-8-9-10-11-12(2)3;;/h11-12H,4-10H2,1-3H3;1H;/q;;+1/p-1. The zero-order valence-corrected chi connectivity index (χ0v) is 13.5. The summed E-state index contributed by atoms with van der Waals surface area (Å²) in [7, 11) is -0.317. The average Bonchev–Trinajstić information content (AvgIpc) is 2.10. The minimum absolute atomic E-state index is 0. The second-order valence-corrected chi connectivity index (χ2v) is 9.98. The first-order valence-electron chi connectivity index (χ1n) is 6.01. The summed E-state index contributed by atoms with van der Waals surface area (Å²) in [4.78, 5) is 0. The molecule has 14 heavy (non-hydrogen) atoms. The summed E-state index contributed by atoms with van der Waals surface area (Å²) in [6.07, 6.45) is 10.2. The Bertz CT molecular complexity index is 109. The fraction of sp³-hybridized carbons (Fsp3) is 1.00. The van der Waals surface area contributed by atoms with Crippen molar-refractivity contribution in [3.63, 3.8) is 0 Å². The fourth-order valence-corrected chi connectivity index (χ4v) is 2.71. The molecule has 0 heterocycles. The van der Waals surface area contributed by atoms with Gasteiger partial charge in [0.25, 0.3) is 0 Å². The van der Waals surface area contributed by atoms with E-state index in [2.05, 4.69) is 41.7 Å². The summed E-state index contributed by atoms with van der Waals surface area (Å²) in [5.41, 5.74) is 0. The molecule has 0 aromatic carbocycles. The molecule has 1 unspecified atom stereocenters. The first-order chi connectivity index (χ1) is 6.18. The van der Waals surface area contributed by atoms with Crippen molar-refractivity contribution < 1.29 is 12.4 Å². The summed E-state index contributed by atoms with van der Waals surface area (Å²) >= 11 is 2.25. The molecule has 0 aromatic rings. The fourth-order valence-electron chi connectivity index (χ4n) is 1.52. The molecule has 0 amide bonds. The van der Waals surface area contributed by atoms with Crippen LogP contribution >= 0.6 is 0 Å². The molecular formula is C11H25ClMgSi. The maximum atomic E-state index is 2.48. The van der Waals surface area contributed by atoms with Gasteiger partial charge in [0, 0.05) is 0 Å². The first-order valence-corrected chi connectivity index (χ1v) is 9.80. The number of halogens is 1. The third-order valence-corrected chi connectivity index (χ3v) is 8.33. The molecule has 0 aliphatic heterocycles. The summed E-state index contributed by atoms with van der Waals surface area (Å²) in [5, 5.41) is 0. The molecule has 0 saturated carbocycles. The summed E-state index contributed by atoms with van der Waals surface area (Å²) < 4.78 is 1.09. The summed E-state index contributed by atoms with van der Waals surface area (Å²) in [6, 6.07) is 0. The molecule has 0 rings (SSSR count). The largest absolute Gasteiger partial charge is 1.00 e. The van der Waals surface area contributed by atoms with Crippen LogP contribution in [-0.2, 0) is 0 Å². The third kappa shape index (κ3) is 11.3. The second-order valence-electron chi connectivity index (χ2n) is 4.56. The molecule has 0 aliphatic carbocycles. The van der Waals surface area contributed by atoms with Crippen molar-refractivity contribution in [2.75, 3.05) is 0 Å². The molecule has 82 valence electrons. The molecule has 0 aromatic heterocycles. The van der Waals surface area contributed by atoms with Crippen LogP contribution in [0.5, 0.6) is 0 Å². The van der Waals surface area contributed by atoms with Gasteiger partial charge in [-0.05, 0) is 0 Å². The Kier molecular flexibility index (Phi) is 15.6. The number of rotatable bonds is 8. The Hall–Kier alpha value is 1.27. The van der Waals surface area contributed by atoms with Crippen molar-refractivity contribution in [3.8, 4) is 0 Å². The van der Waals surface area contributed by atoms with Crippen molar-refractivity contribution in [2.24, 2.45) is 0 Å². The van der Waals surface area contributed by atoms with E-state index in [1.165, 1.54) is 44.9 Å². The van der Waals surface area contributed by atoms with Crippen LogP contribution in [0.25, 0.3) is 0 Å². The molecule has 0 fully saturated rings. The van der Waals surface area contributed by atoms with E-state index in [0.29, 0.717) is 0 Å².